The maximum atomic E-state index is 12.0. The van der Waals surface area contributed by atoms with Crippen molar-refractivity contribution in [1.82, 2.24) is 10.2 Å². The van der Waals surface area contributed by atoms with Gasteiger partial charge in [0.1, 0.15) is 0 Å². The fraction of sp³-hybridized carbons (Fsp3) is 0.923. The second-order valence-corrected chi connectivity index (χ2v) is 5.22. The van der Waals surface area contributed by atoms with E-state index in [1.165, 1.54) is 6.42 Å². The van der Waals surface area contributed by atoms with Crippen molar-refractivity contribution < 1.29 is 4.79 Å². The number of nitrogens with two attached hydrogens (primary N) is 1. The van der Waals surface area contributed by atoms with E-state index in [9.17, 15) is 4.79 Å². The van der Waals surface area contributed by atoms with E-state index in [4.69, 9.17) is 5.73 Å². The van der Waals surface area contributed by atoms with Gasteiger partial charge in [0.25, 0.3) is 0 Å². The van der Waals surface area contributed by atoms with Gasteiger partial charge in [0.05, 0.1) is 6.04 Å². The average Bonchev–Trinajstić information content (AvgIpc) is 2.76. The Morgan fingerprint density at radius 1 is 1.53 bits per heavy atom. The SMILES string of the molecule is CCC(C)NC(=O)C(C)N1CCC(CCN)C1. The van der Waals surface area contributed by atoms with Gasteiger partial charge in [-0.15, -0.1) is 0 Å². The highest BCUT2D eigenvalue weighted by Crippen LogP contribution is 2.20. The van der Waals surface area contributed by atoms with Crippen LogP contribution >= 0.6 is 0 Å². The summed E-state index contributed by atoms with van der Waals surface area (Å²) in [6.07, 6.45) is 3.24. The van der Waals surface area contributed by atoms with Crippen LogP contribution in [0, 0.1) is 5.92 Å². The monoisotopic (exact) mass is 241 g/mol. The minimum absolute atomic E-state index is 0.00762. The summed E-state index contributed by atoms with van der Waals surface area (Å²) in [6.45, 7) is 8.94. The summed E-state index contributed by atoms with van der Waals surface area (Å²) in [4.78, 5) is 14.3. The summed E-state index contributed by atoms with van der Waals surface area (Å²) in [5.41, 5.74) is 5.58. The third kappa shape index (κ3) is 4.28. The molecule has 4 nitrogen and oxygen atoms in total. The largest absolute Gasteiger partial charge is 0.352 e. The van der Waals surface area contributed by atoms with Crippen LogP contribution in [-0.4, -0.2) is 42.5 Å². The maximum Gasteiger partial charge on any atom is 0.237 e. The molecule has 1 aliphatic heterocycles. The molecule has 1 aliphatic rings. The first-order valence-electron chi connectivity index (χ1n) is 6.83. The van der Waals surface area contributed by atoms with Crippen LogP contribution in [0.4, 0.5) is 0 Å². The van der Waals surface area contributed by atoms with E-state index < -0.39 is 0 Å². The Morgan fingerprint density at radius 3 is 2.82 bits per heavy atom. The third-order valence-corrected chi connectivity index (χ3v) is 3.82. The lowest BCUT2D eigenvalue weighted by atomic mass is 10.1. The van der Waals surface area contributed by atoms with Crippen molar-refractivity contribution in [2.24, 2.45) is 11.7 Å². The van der Waals surface area contributed by atoms with E-state index >= 15 is 0 Å². The van der Waals surface area contributed by atoms with E-state index in [0.717, 1.165) is 32.5 Å². The van der Waals surface area contributed by atoms with E-state index in [2.05, 4.69) is 17.1 Å². The molecule has 0 aromatic carbocycles. The average molecular weight is 241 g/mol. The summed E-state index contributed by atoms with van der Waals surface area (Å²) in [6, 6.07) is 0.263. The van der Waals surface area contributed by atoms with Crippen molar-refractivity contribution in [3.05, 3.63) is 0 Å². The number of amides is 1. The predicted octanol–water partition coefficient (Wildman–Crippen LogP) is 0.960. The first kappa shape index (κ1) is 14.5. The van der Waals surface area contributed by atoms with Crippen LogP contribution in [0.25, 0.3) is 0 Å². The van der Waals surface area contributed by atoms with Crippen molar-refractivity contribution >= 4 is 5.91 Å². The molecular weight excluding hydrogens is 214 g/mol. The summed E-state index contributed by atoms with van der Waals surface area (Å²) in [5, 5.41) is 3.05. The highest BCUT2D eigenvalue weighted by Gasteiger charge is 2.29. The van der Waals surface area contributed by atoms with Gasteiger partial charge < -0.3 is 11.1 Å². The molecule has 0 aromatic rings. The number of carbonyl (C=O) groups excluding carboxylic acids is 1. The molecule has 0 saturated carbocycles. The zero-order chi connectivity index (χ0) is 12.8. The molecule has 0 aromatic heterocycles. The van der Waals surface area contributed by atoms with Crippen molar-refractivity contribution in [2.75, 3.05) is 19.6 Å². The van der Waals surface area contributed by atoms with Gasteiger partial charge in [-0.25, -0.2) is 0 Å². The van der Waals surface area contributed by atoms with Crippen LogP contribution in [0.15, 0.2) is 0 Å². The fourth-order valence-electron chi connectivity index (χ4n) is 2.32. The molecule has 3 atom stereocenters. The van der Waals surface area contributed by atoms with Crippen LogP contribution in [-0.2, 0) is 4.79 Å². The van der Waals surface area contributed by atoms with Gasteiger partial charge in [-0.2, -0.15) is 0 Å². The molecule has 1 rings (SSSR count). The molecule has 0 radical (unpaired) electrons. The van der Waals surface area contributed by atoms with Crippen LogP contribution < -0.4 is 11.1 Å². The number of carbonyl (C=O) groups is 1. The Hall–Kier alpha value is -0.610. The number of likely N-dealkylation sites (tertiary alicyclic amines) is 1. The molecule has 1 saturated heterocycles. The van der Waals surface area contributed by atoms with Gasteiger partial charge in [0.15, 0.2) is 0 Å². The minimum atomic E-state index is -0.00762. The van der Waals surface area contributed by atoms with E-state index in [-0.39, 0.29) is 18.0 Å². The molecule has 17 heavy (non-hydrogen) atoms. The quantitative estimate of drug-likeness (QED) is 0.728. The minimum Gasteiger partial charge on any atom is -0.352 e. The van der Waals surface area contributed by atoms with Crippen molar-refractivity contribution in [3.8, 4) is 0 Å². The van der Waals surface area contributed by atoms with Gasteiger partial charge in [-0.05, 0) is 52.1 Å². The highest BCUT2D eigenvalue weighted by atomic mass is 16.2. The Bertz CT molecular complexity index is 245. The van der Waals surface area contributed by atoms with Crippen molar-refractivity contribution in [1.29, 1.82) is 0 Å². The Kier molecular flexibility index (Phi) is 5.92. The molecular formula is C13H27N3O. The summed E-state index contributed by atoms with van der Waals surface area (Å²) in [5.74, 6) is 0.839. The smallest absolute Gasteiger partial charge is 0.237 e. The molecule has 1 heterocycles. The molecule has 100 valence electrons. The standard InChI is InChI=1S/C13H27N3O/c1-4-10(2)15-13(17)11(3)16-8-6-12(9-16)5-7-14/h10-12H,4-9,14H2,1-3H3,(H,15,17). The van der Waals surface area contributed by atoms with E-state index in [0.29, 0.717) is 5.92 Å². The van der Waals surface area contributed by atoms with Gasteiger partial charge in [0.2, 0.25) is 5.91 Å². The fourth-order valence-corrected chi connectivity index (χ4v) is 2.32. The van der Waals surface area contributed by atoms with E-state index in [1.807, 2.05) is 13.8 Å². The Morgan fingerprint density at radius 2 is 2.24 bits per heavy atom. The van der Waals surface area contributed by atoms with E-state index in [1.54, 1.807) is 0 Å². The van der Waals surface area contributed by atoms with Crippen LogP contribution in [0.2, 0.25) is 0 Å². The lowest BCUT2D eigenvalue weighted by Crippen LogP contribution is -2.46. The normalized spacial score (nSPS) is 24.6. The van der Waals surface area contributed by atoms with Crippen LogP contribution in [0.5, 0.6) is 0 Å². The molecule has 0 spiro atoms. The zero-order valence-electron chi connectivity index (χ0n) is 11.4. The first-order chi connectivity index (χ1) is 8.08. The predicted molar refractivity (Wildman–Crippen MR) is 70.7 cm³/mol. The molecule has 3 unspecified atom stereocenters. The Labute approximate surface area is 105 Å². The summed E-state index contributed by atoms with van der Waals surface area (Å²) < 4.78 is 0. The number of rotatable bonds is 6. The van der Waals surface area contributed by atoms with Crippen molar-refractivity contribution in [3.63, 3.8) is 0 Å². The summed E-state index contributed by atoms with van der Waals surface area (Å²) in [7, 11) is 0. The number of hydrogen-bond acceptors (Lipinski definition) is 3. The van der Waals surface area contributed by atoms with Gasteiger partial charge in [0, 0.05) is 12.6 Å². The lowest BCUT2D eigenvalue weighted by Gasteiger charge is -2.25. The Balaban J connectivity index is 2.37. The lowest BCUT2D eigenvalue weighted by molar-refractivity contribution is -0.126. The number of nitrogens with one attached hydrogen (secondary N) is 1. The number of nitrogens with zero attached hydrogens (tertiary/aromatic N) is 1. The molecule has 4 heteroatoms. The molecule has 0 bridgehead atoms. The second-order valence-electron chi connectivity index (χ2n) is 5.22. The molecule has 3 N–H and O–H groups in total. The first-order valence-corrected chi connectivity index (χ1v) is 6.83. The zero-order valence-corrected chi connectivity index (χ0v) is 11.4. The third-order valence-electron chi connectivity index (χ3n) is 3.82. The number of hydrogen-bond donors (Lipinski definition) is 2. The highest BCUT2D eigenvalue weighted by molar-refractivity contribution is 5.81. The van der Waals surface area contributed by atoms with Gasteiger partial charge in [-0.3, -0.25) is 9.69 Å². The maximum absolute atomic E-state index is 12.0. The molecule has 0 aliphatic carbocycles. The van der Waals surface area contributed by atoms with Crippen LogP contribution in [0.3, 0.4) is 0 Å². The molecule has 1 amide bonds. The van der Waals surface area contributed by atoms with Gasteiger partial charge in [-0.1, -0.05) is 6.92 Å². The van der Waals surface area contributed by atoms with Crippen molar-refractivity contribution in [2.45, 2.75) is 52.1 Å². The second kappa shape index (κ2) is 6.97. The van der Waals surface area contributed by atoms with Gasteiger partial charge >= 0.3 is 0 Å². The van der Waals surface area contributed by atoms with Crippen LogP contribution in [0.1, 0.15) is 40.0 Å². The summed E-state index contributed by atoms with van der Waals surface area (Å²) >= 11 is 0. The molecule has 1 fully saturated rings. The topological polar surface area (TPSA) is 58.4 Å².